The van der Waals surface area contributed by atoms with Crippen LogP contribution in [0.15, 0.2) is 40.1 Å². The van der Waals surface area contributed by atoms with Crippen LogP contribution in [0.4, 0.5) is 0 Å². The first-order chi connectivity index (χ1) is 12.8. The number of rotatable bonds is 3. The number of fused-ring (bicyclic) bond motifs is 3. The topological polar surface area (TPSA) is 66.2 Å². The first-order valence-electron chi connectivity index (χ1n) is 8.73. The molecular weight excluding hydrogens is 366 g/mol. The minimum Gasteiger partial charge on any atom is -0.312 e. The summed E-state index contributed by atoms with van der Waals surface area (Å²) in [6.45, 7) is 6.25. The zero-order valence-electron chi connectivity index (χ0n) is 15.6. The molecular formula is C19H20ClN5O2. The van der Waals surface area contributed by atoms with Crippen molar-refractivity contribution in [1.82, 2.24) is 23.1 Å². The lowest BCUT2D eigenvalue weighted by Gasteiger charge is -2.09. The zero-order chi connectivity index (χ0) is 19.5. The van der Waals surface area contributed by atoms with Crippen molar-refractivity contribution in [2.45, 2.75) is 33.4 Å². The maximum Gasteiger partial charge on any atom is 0.332 e. The molecule has 0 saturated carbocycles. The molecule has 0 aliphatic heterocycles. The standard InChI is InChI=1S/C19H20ClN5O2/c1-11(2)25-12(3)9-23-15-16(21-18(23)25)22(4)19(27)24(17(15)26)10-13-6-5-7-14(20)8-13/h5-9,11H,10H2,1-4H3. The molecule has 0 aliphatic carbocycles. The molecule has 0 amide bonds. The average molecular weight is 386 g/mol. The number of halogens is 1. The number of aryl methyl sites for hydroxylation is 2. The van der Waals surface area contributed by atoms with Crippen LogP contribution in [-0.4, -0.2) is 23.1 Å². The minimum absolute atomic E-state index is 0.152. The number of aromatic nitrogens is 5. The zero-order valence-corrected chi connectivity index (χ0v) is 16.4. The highest BCUT2D eigenvalue weighted by Crippen LogP contribution is 2.20. The van der Waals surface area contributed by atoms with E-state index in [0.717, 1.165) is 11.3 Å². The molecule has 0 radical (unpaired) electrons. The lowest BCUT2D eigenvalue weighted by atomic mass is 10.2. The maximum atomic E-state index is 13.2. The third-order valence-corrected chi connectivity index (χ3v) is 5.05. The molecule has 3 heterocycles. The van der Waals surface area contributed by atoms with Crippen molar-refractivity contribution in [3.63, 3.8) is 0 Å². The van der Waals surface area contributed by atoms with Crippen LogP contribution in [0.5, 0.6) is 0 Å². The Bertz CT molecular complexity index is 1310. The summed E-state index contributed by atoms with van der Waals surface area (Å²) in [7, 11) is 1.64. The third-order valence-electron chi connectivity index (χ3n) is 4.81. The van der Waals surface area contributed by atoms with Gasteiger partial charge in [0.25, 0.3) is 5.56 Å². The van der Waals surface area contributed by atoms with Gasteiger partial charge >= 0.3 is 5.69 Å². The van der Waals surface area contributed by atoms with Crippen LogP contribution in [0.1, 0.15) is 31.1 Å². The Kier molecular flexibility index (Phi) is 3.99. The van der Waals surface area contributed by atoms with E-state index in [1.165, 1.54) is 9.13 Å². The highest BCUT2D eigenvalue weighted by Gasteiger charge is 2.21. The molecule has 0 atom stereocenters. The molecule has 0 unspecified atom stereocenters. The molecule has 0 spiro atoms. The number of imidazole rings is 2. The Morgan fingerprint density at radius 1 is 1.22 bits per heavy atom. The van der Waals surface area contributed by atoms with Crippen molar-refractivity contribution in [2.75, 3.05) is 0 Å². The summed E-state index contributed by atoms with van der Waals surface area (Å²) >= 11 is 6.04. The smallest absolute Gasteiger partial charge is 0.312 e. The quantitative estimate of drug-likeness (QED) is 0.544. The van der Waals surface area contributed by atoms with E-state index in [1.807, 2.05) is 23.8 Å². The third kappa shape index (κ3) is 2.61. The van der Waals surface area contributed by atoms with E-state index in [9.17, 15) is 9.59 Å². The van der Waals surface area contributed by atoms with E-state index in [2.05, 4.69) is 18.8 Å². The minimum atomic E-state index is -0.402. The monoisotopic (exact) mass is 385 g/mol. The van der Waals surface area contributed by atoms with Crippen LogP contribution in [0.2, 0.25) is 5.02 Å². The largest absolute Gasteiger partial charge is 0.332 e. The molecule has 0 bridgehead atoms. The van der Waals surface area contributed by atoms with Crippen LogP contribution < -0.4 is 11.2 Å². The second-order valence-corrected chi connectivity index (χ2v) is 7.49. The Morgan fingerprint density at radius 2 is 1.96 bits per heavy atom. The Morgan fingerprint density at radius 3 is 2.63 bits per heavy atom. The van der Waals surface area contributed by atoms with Gasteiger partial charge in [-0.2, -0.15) is 4.98 Å². The fourth-order valence-corrected chi connectivity index (χ4v) is 3.84. The predicted molar refractivity (Wildman–Crippen MR) is 106 cm³/mol. The van der Waals surface area contributed by atoms with Gasteiger partial charge in [0.15, 0.2) is 11.2 Å². The normalized spacial score (nSPS) is 11.9. The molecule has 4 rings (SSSR count). The van der Waals surface area contributed by atoms with Gasteiger partial charge in [0.2, 0.25) is 5.78 Å². The van der Waals surface area contributed by atoms with E-state index in [-0.39, 0.29) is 18.1 Å². The van der Waals surface area contributed by atoms with Gasteiger partial charge in [-0.15, -0.1) is 0 Å². The first-order valence-corrected chi connectivity index (χ1v) is 9.11. The van der Waals surface area contributed by atoms with Crippen LogP contribution in [0.3, 0.4) is 0 Å². The molecule has 8 heteroatoms. The Labute approximate surface area is 160 Å². The van der Waals surface area contributed by atoms with Gasteiger partial charge in [-0.05, 0) is 38.5 Å². The SMILES string of the molecule is Cc1cn2c3c(=O)n(Cc4cccc(Cl)c4)c(=O)n(C)c3nc2n1C(C)C. The molecule has 140 valence electrons. The van der Waals surface area contributed by atoms with Crippen LogP contribution in [0.25, 0.3) is 16.9 Å². The van der Waals surface area contributed by atoms with Crippen molar-refractivity contribution in [2.24, 2.45) is 7.05 Å². The summed E-state index contributed by atoms with van der Waals surface area (Å²) in [4.78, 5) is 30.6. The fourth-order valence-electron chi connectivity index (χ4n) is 3.62. The van der Waals surface area contributed by atoms with Crippen molar-refractivity contribution in [1.29, 1.82) is 0 Å². The highest BCUT2D eigenvalue weighted by molar-refractivity contribution is 6.30. The Balaban J connectivity index is 2.04. The molecule has 3 aromatic heterocycles. The summed E-state index contributed by atoms with van der Waals surface area (Å²) in [6.07, 6.45) is 1.89. The molecule has 7 nitrogen and oxygen atoms in total. The predicted octanol–water partition coefficient (Wildman–Crippen LogP) is 2.74. The van der Waals surface area contributed by atoms with Gasteiger partial charge in [0.05, 0.1) is 6.54 Å². The van der Waals surface area contributed by atoms with E-state index in [1.54, 1.807) is 29.6 Å². The van der Waals surface area contributed by atoms with Crippen molar-refractivity contribution < 1.29 is 0 Å². The van der Waals surface area contributed by atoms with Crippen molar-refractivity contribution in [3.05, 3.63) is 67.6 Å². The van der Waals surface area contributed by atoms with E-state index in [0.29, 0.717) is 22.0 Å². The molecule has 0 fully saturated rings. The summed E-state index contributed by atoms with van der Waals surface area (Å²) in [5, 5.41) is 0.565. The molecule has 0 aliphatic rings. The van der Waals surface area contributed by atoms with Crippen LogP contribution in [-0.2, 0) is 13.6 Å². The Hall–Kier alpha value is -2.80. The van der Waals surface area contributed by atoms with Crippen LogP contribution in [0, 0.1) is 6.92 Å². The highest BCUT2D eigenvalue weighted by atomic mass is 35.5. The van der Waals surface area contributed by atoms with Gasteiger partial charge in [0.1, 0.15) is 0 Å². The van der Waals surface area contributed by atoms with Gasteiger partial charge < -0.3 is 4.57 Å². The van der Waals surface area contributed by atoms with Crippen molar-refractivity contribution >= 4 is 28.5 Å². The second-order valence-electron chi connectivity index (χ2n) is 7.05. The molecule has 27 heavy (non-hydrogen) atoms. The number of hydrogen-bond donors (Lipinski definition) is 0. The van der Waals surface area contributed by atoms with E-state index >= 15 is 0 Å². The number of benzene rings is 1. The lowest BCUT2D eigenvalue weighted by Crippen LogP contribution is -2.39. The average Bonchev–Trinajstić information content (AvgIpc) is 3.11. The first kappa shape index (κ1) is 17.6. The summed E-state index contributed by atoms with van der Waals surface area (Å²) in [5.41, 5.74) is 1.82. The lowest BCUT2D eigenvalue weighted by molar-refractivity contribution is 0.601. The summed E-state index contributed by atoms with van der Waals surface area (Å²) in [6, 6.07) is 7.34. The van der Waals surface area contributed by atoms with Gasteiger partial charge in [-0.3, -0.25) is 18.3 Å². The van der Waals surface area contributed by atoms with E-state index in [4.69, 9.17) is 11.6 Å². The number of nitrogens with zero attached hydrogens (tertiary/aromatic N) is 5. The summed E-state index contributed by atoms with van der Waals surface area (Å²) < 4.78 is 6.48. The second kappa shape index (κ2) is 6.13. The molecule has 0 saturated heterocycles. The fraction of sp³-hybridized carbons (Fsp3) is 0.316. The van der Waals surface area contributed by atoms with Crippen LogP contribution >= 0.6 is 11.6 Å². The van der Waals surface area contributed by atoms with Gasteiger partial charge in [0, 0.05) is 30.0 Å². The van der Waals surface area contributed by atoms with Gasteiger partial charge in [-0.25, -0.2) is 4.79 Å². The number of hydrogen-bond acceptors (Lipinski definition) is 3. The van der Waals surface area contributed by atoms with Gasteiger partial charge in [-0.1, -0.05) is 23.7 Å². The van der Waals surface area contributed by atoms with E-state index < -0.39 is 5.69 Å². The maximum absolute atomic E-state index is 13.2. The molecule has 4 aromatic rings. The molecule has 1 aromatic carbocycles. The van der Waals surface area contributed by atoms with Crippen molar-refractivity contribution in [3.8, 4) is 0 Å². The summed E-state index contributed by atoms with van der Waals surface area (Å²) in [5.74, 6) is 0.658. The molecule has 0 N–H and O–H groups in total.